The summed E-state index contributed by atoms with van der Waals surface area (Å²) in [7, 11) is -3.97. The van der Waals surface area contributed by atoms with E-state index < -0.39 is 27.6 Å². The largest absolute Gasteiger partial charge is 0.339 e. The molecule has 1 aliphatic rings. The molecule has 0 saturated carbocycles. The zero-order valence-electron chi connectivity index (χ0n) is 16.5. The summed E-state index contributed by atoms with van der Waals surface area (Å²) in [4.78, 5) is 25.4. The van der Waals surface area contributed by atoms with Gasteiger partial charge in [-0.2, -0.15) is 4.31 Å². The number of piperazine rings is 1. The van der Waals surface area contributed by atoms with Gasteiger partial charge in [-0.15, -0.1) is 11.8 Å². The fraction of sp³-hybridized carbons (Fsp3) is 0.300. The molecule has 166 valence electrons. The van der Waals surface area contributed by atoms with Crippen LogP contribution in [0.15, 0.2) is 53.4 Å². The molecule has 0 atom stereocenters. The average Bonchev–Trinajstić information content (AvgIpc) is 2.75. The zero-order chi connectivity index (χ0) is 22.4. The molecule has 0 bridgehead atoms. The van der Waals surface area contributed by atoms with Gasteiger partial charge in [0, 0.05) is 26.2 Å². The molecule has 1 fully saturated rings. The highest BCUT2D eigenvalue weighted by Crippen LogP contribution is 2.20. The number of carbonyl (C=O) groups excluding carboxylic acids is 2. The number of nitrogens with zero attached hydrogens (tertiary/aromatic N) is 2. The van der Waals surface area contributed by atoms with Gasteiger partial charge < -0.3 is 10.2 Å². The molecule has 0 spiro atoms. The minimum Gasteiger partial charge on any atom is -0.339 e. The van der Waals surface area contributed by atoms with Crippen molar-refractivity contribution in [3.8, 4) is 0 Å². The van der Waals surface area contributed by atoms with Crippen molar-refractivity contribution in [1.29, 1.82) is 0 Å². The molecule has 2 aromatic carbocycles. The Bertz CT molecular complexity index is 1060. The summed E-state index contributed by atoms with van der Waals surface area (Å²) < 4.78 is 53.8. The van der Waals surface area contributed by atoms with Crippen LogP contribution in [0, 0.1) is 11.6 Å². The van der Waals surface area contributed by atoms with Gasteiger partial charge in [-0.3, -0.25) is 9.59 Å². The van der Waals surface area contributed by atoms with Crippen molar-refractivity contribution in [2.75, 3.05) is 43.0 Å². The molecule has 0 radical (unpaired) electrons. The van der Waals surface area contributed by atoms with Gasteiger partial charge in [0.15, 0.2) is 0 Å². The molecular weight excluding hydrogens is 448 g/mol. The molecule has 2 aromatic rings. The normalized spacial score (nSPS) is 15.0. The van der Waals surface area contributed by atoms with Crippen LogP contribution in [0.1, 0.15) is 0 Å². The smallest absolute Gasteiger partial charge is 0.246 e. The number of nitrogens with one attached hydrogen (secondary N) is 1. The number of thioether (sulfide) groups is 1. The van der Waals surface area contributed by atoms with Gasteiger partial charge in [-0.25, -0.2) is 17.2 Å². The number of benzene rings is 2. The summed E-state index contributed by atoms with van der Waals surface area (Å²) >= 11 is 1.09. The topological polar surface area (TPSA) is 86.8 Å². The van der Waals surface area contributed by atoms with Crippen molar-refractivity contribution < 1.29 is 26.8 Å². The molecule has 3 rings (SSSR count). The number of halogens is 2. The van der Waals surface area contributed by atoms with E-state index in [-0.39, 0.29) is 54.2 Å². The molecule has 2 amide bonds. The second-order valence-corrected chi connectivity index (χ2v) is 9.63. The third kappa shape index (κ3) is 5.81. The fourth-order valence-corrected chi connectivity index (χ4v) is 5.25. The minimum absolute atomic E-state index is 0.0261. The van der Waals surface area contributed by atoms with E-state index in [0.717, 1.165) is 22.1 Å². The summed E-state index contributed by atoms with van der Waals surface area (Å²) in [5, 5.41) is 2.44. The fourth-order valence-electron chi connectivity index (χ4n) is 3.04. The third-order valence-electron chi connectivity index (χ3n) is 4.65. The van der Waals surface area contributed by atoms with Crippen molar-refractivity contribution >= 4 is 39.3 Å². The van der Waals surface area contributed by atoms with Gasteiger partial charge in [-0.1, -0.05) is 24.3 Å². The Morgan fingerprint density at radius 1 is 0.903 bits per heavy atom. The lowest BCUT2D eigenvalue weighted by Gasteiger charge is -2.34. The number of rotatable bonds is 7. The van der Waals surface area contributed by atoms with Crippen LogP contribution < -0.4 is 5.32 Å². The molecule has 1 saturated heterocycles. The van der Waals surface area contributed by atoms with Crippen molar-refractivity contribution in [3.63, 3.8) is 0 Å². The molecule has 7 nitrogen and oxygen atoms in total. The van der Waals surface area contributed by atoms with E-state index in [9.17, 15) is 26.8 Å². The van der Waals surface area contributed by atoms with Crippen molar-refractivity contribution in [2.24, 2.45) is 0 Å². The first-order valence-electron chi connectivity index (χ1n) is 9.43. The van der Waals surface area contributed by atoms with Crippen LogP contribution in [-0.2, 0) is 19.6 Å². The monoisotopic (exact) mass is 469 g/mol. The number of para-hydroxylation sites is 1. The first-order chi connectivity index (χ1) is 14.8. The van der Waals surface area contributed by atoms with Crippen LogP contribution in [-0.4, -0.2) is 67.1 Å². The van der Waals surface area contributed by atoms with E-state index in [4.69, 9.17) is 0 Å². The summed E-state index contributed by atoms with van der Waals surface area (Å²) in [6, 6.07) is 11.0. The zero-order valence-corrected chi connectivity index (χ0v) is 18.1. The Balaban J connectivity index is 1.45. The van der Waals surface area contributed by atoms with Crippen molar-refractivity contribution in [3.05, 3.63) is 60.2 Å². The molecule has 31 heavy (non-hydrogen) atoms. The second kappa shape index (κ2) is 10.2. The van der Waals surface area contributed by atoms with E-state index >= 15 is 0 Å². The summed E-state index contributed by atoms with van der Waals surface area (Å²) in [5.41, 5.74) is 0.0756. The number of carbonyl (C=O) groups is 2. The van der Waals surface area contributed by atoms with Crippen molar-refractivity contribution in [1.82, 2.24) is 9.21 Å². The quantitative estimate of drug-likeness (QED) is 0.672. The molecule has 0 aromatic heterocycles. The second-order valence-electron chi connectivity index (χ2n) is 6.74. The first-order valence-corrected chi connectivity index (χ1v) is 12.0. The number of sulfonamides is 1. The molecule has 1 aliphatic heterocycles. The predicted molar refractivity (Wildman–Crippen MR) is 114 cm³/mol. The predicted octanol–water partition coefficient (Wildman–Crippen LogP) is 2.17. The number of anilines is 1. The molecule has 1 N–H and O–H groups in total. The van der Waals surface area contributed by atoms with Crippen LogP contribution in [0.4, 0.5) is 14.5 Å². The van der Waals surface area contributed by atoms with Crippen LogP contribution in [0.3, 0.4) is 0 Å². The molecular formula is C20H21F2N3O4S2. The number of hydrogen-bond donors (Lipinski definition) is 1. The lowest BCUT2D eigenvalue weighted by Crippen LogP contribution is -2.51. The van der Waals surface area contributed by atoms with Crippen LogP contribution in [0.5, 0.6) is 0 Å². The van der Waals surface area contributed by atoms with E-state index in [1.165, 1.54) is 41.3 Å². The Kier molecular flexibility index (Phi) is 7.63. The van der Waals surface area contributed by atoms with E-state index in [1.54, 1.807) is 6.07 Å². The van der Waals surface area contributed by atoms with Gasteiger partial charge in [0.2, 0.25) is 21.8 Å². The highest BCUT2D eigenvalue weighted by molar-refractivity contribution is 8.00. The maximum atomic E-state index is 13.9. The van der Waals surface area contributed by atoms with Crippen LogP contribution in [0.25, 0.3) is 0 Å². The summed E-state index contributed by atoms with van der Waals surface area (Å²) in [6.45, 7) is 0.463. The first kappa shape index (κ1) is 23.2. The van der Waals surface area contributed by atoms with Gasteiger partial charge >= 0.3 is 0 Å². The Labute approximate surface area is 183 Å². The Morgan fingerprint density at radius 3 is 2.16 bits per heavy atom. The van der Waals surface area contributed by atoms with Crippen LogP contribution >= 0.6 is 11.8 Å². The number of hydrogen-bond acceptors (Lipinski definition) is 5. The highest BCUT2D eigenvalue weighted by atomic mass is 32.2. The lowest BCUT2D eigenvalue weighted by atomic mass is 10.3. The Morgan fingerprint density at radius 2 is 1.52 bits per heavy atom. The summed E-state index contributed by atoms with van der Waals surface area (Å²) in [6.07, 6.45) is 0. The molecule has 0 unspecified atom stereocenters. The van der Waals surface area contributed by atoms with Gasteiger partial charge in [-0.05, 0) is 24.3 Å². The number of amides is 2. The van der Waals surface area contributed by atoms with Gasteiger partial charge in [0.1, 0.15) is 16.5 Å². The Hall–Kier alpha value is -2.50. The summed E-state index contributed by atoms with van der Waals surface area (Å²) in [5.74, 6) is -2.01. The maximum absolute atomic E-state index is 13.9. The van der Waals surface area contributed by atoms with Crippen molar-refractivity contribution in [2.45, 2.75) is 4.90 Å². The van der Waals surface area contributed by atoms with Crippen LogP contribution in [0.2, 0.25) is 0 Å². The maximum Gasteiger partial charge on any atom is 0.246 e. The van der Waals surface area contributed by atoms with E-state index in [1.807, 2.05) is 0 Å². The van der Waals surface area contributed by atoms with E-state index in [0.29, 0.717) is 0 Å². The third-order valence-corrected chi connectivity index (χ3v) is 7.50. The van der Waals surface area contributed by atoms with Gasteiger partial charge in [0.25, 0.3) is 0 Å². The SMILES string of the molecule is O=C(CSCC(=O)N1CCN(S(=O)(=O)c2ccccc2F)CC1)Nc1ccccc1F. The molecule has 0 aliphatic carbocycles. The van der Waals surface area contributed by atoms with Gasteiger partial charge in [0.05, 0.1) is 17.2 Å². The lowest BCUT2D eigenvalue weighted by molar-refractivity contribution is -0.129. The standard InChI is InChI=1S/C20H21F2N3O4S2/c21-15-5-1-3-7-17(15)23-19(26)13-30-14-20(27)24-9-11-25(12-10-24)31(28,29)18-8-4-2-6-16(18)22/h1-8H,9-14H2,(H,23,26). The molecule has 11 heteroatoms. The molecule has 1 heterocycles. The van der Waals surface area contributed by atoms with E-state index in [2.05, 4.69) is 5.32 Å². The minimum atomic E-state index is -3.97. The highest BCUT2D eigenvalue weighted by Gasteiger charge is 2.31. The average molecular weight is 470 g/mol.